The van der Waals surface area contributed by atoms with E-state index in [-0.39, 0.29) is 5.78 Å². The average Bonchev–Trinajstić information content (AvgIpc) is 2.15. The third kappa shape index (κ3) is 0.976. The molecule has 0 radical (unpaired) electrons. The van der Waals surface area contributed by atoms with Crippen LogP contribution in [0.1, 0.15) is 19.8 Å². The predicted octanol–water partition coefficient (Wildman–Crippen LogP) is 0.0744. The van der Waals surface area contributed by atoms with Gasteiger partial charge in [-0.1, -0.05) is 6.92 Å². The molecular weight excluding hydrogens is 120 g/mol. The number of ketones is 1. The topological polar surface area (TPSA) is 46.5 Å². The molecule has 0 spiro atoms. The second-order valence-corrected chi connectivity index (χ2v) is 2.16. The first-order valence-corrected chi connectivity index (χ1v) is 3.08. The van der Waals surface area contributed by atoms with E-state index >= 15 is 0 Å². The highest BCUT2D eigenvalue weighted by molar-refractivity contribution is 5.87. The summed E-state index contributed by atoms with van der Waals surface area (Å²) in [5, 5.41) is 9.20. The molecule has 0 aliphatic carbocycles. The molecule has 1 N–H and O–H groups in total. The molecule has 3 heteroatoms. The molecule has 0 aromatic rings. The Hall–Kier alpha value is -0.410. The van der Waals surface area contributed by atoms with Crippen molar-refractivity contribution in [3.63, 3.8) is 0 Å². The van der Waals surface area contributed by atoms with E-state index in [2.05, 4.69) is 0 Å². The molecule has 0 amide bonds. The van der Waals surface area contributed by atoms with Crippen LogP contribution < -0.4 is 0 Å². The van der Waals surface area contributed by atoms with Crippen molar-refractivity contribution in [1.29, 1.82) is 0 Å². The minimum Gasteiger partial charge on any atom is -0.360 e. The van der Waals surface area contributed by atoms with Crippen LogP contribution in [0, 0.1) is 0 Å². The van der Waals surface area contributed by atoms with Crippen LogP contribution in [0.15, 0.2) is 0 Å². The zero-order chi connectivity index (χ0) is 6.91. The van der Waals surface area contributed by atoms with E-state index in [1.165, 1.54) is 0 Å². The number of carbonyl (C=O) groups excluding carboxylic acids is 1. The SMILES string of the molecule is CCC1(O)OCCC1=O. The molecule has 52 valence electrons. The summed E-state index contributed by atoms with van der Waals surface area (Å²) in [6, 6.07) is 0. The summed E-state index contributed by atoms with van der Waals surface area (Å²) in [6.45, 7) is 2.09. The van der Waals surface area contributed by atoms with Crippen LogP contribution in [0.4, 0.5) is 0 Å². The summed E-state index contributed by atoms with van der Waals surface area (Å²) in [7, 11) is 0. The van der Waals surface area contributed by atoms with Crippen molar-refractivity contribution in [2.45, 2.75) is 25.6 Å². The molecule has 1 atom stereocenters. The minimum absolute atomic E-state index is 0.190. The third-order valence-electron chi connectivity index (χ3n) is 1.58. The lowest BCUT2D eigenvalue weighted by Crippen LogP contribution is -2.34. The average molecular weight is 130 g/mol. The number of aliphatic hydroxyl groups is 1. The molecule has 1 heterocycles. The first-order chi connectivity index (χ1) is 4.19. The monoisotopic (exact) mass is 130 g/mol. The van der Waals surface area contributed by atoms with Gasteiger partial charge in [0.15, 0.2) is 5.78 Å². The van der Waals surface area contributed by atoms with Crippen molar-refractivity contribution in [2.24, 2.45) is 0 Å². The van der Waals surface area contributed by atoms with E-state index in [9.17, 15) is 9.90 Å². The molecule has 0 aromatic heterocycles. The number of hydrogen-bond acceptors (Lipinski definition) is 3. The van der Waals surface area contributed by atoms with Gasteiger partial charge in [-0.05, 0) is 0 Å². The molecule has 1 fully saturated rings. The Bertz CT molecular complexity index is 132. The maximum Gasteiger partial charge on any atom is 0.226 e. The van der Waals surface area contributed by atoms with Crippen LogP contribution in [0.3, 0.4) is 0 Å². The van der Waals surface area contributed by atoms with E-state index in [0.29, 0.717) is 19.4 Å². The zero-order valence-corrected chi connectivity index (χ0v) is 5.39. The molecule has 1 rings (SSSR count). The van der Waals surface area contributed by atoms with Crippen molar-refractivity contribution in [2.75, 3.05) is 6.61 Å². The standard InChI is InChI=1S/C6H10O3/c1-2-6(8)5(7)3-4-9-6/h8H,2-4H2,1H3. The fourth-order valence-corrected chi connectivity index (χ4v) is 0.888. The van der Waals surface area contributed by atoms with Crippen molar-refractivity contribution in [3.8, 4) is 0 Å². The van der Waals surface area contributed by atoms with Crippen molar-refractivity contribution in [1.82, 2.24) is 0 Å². The second-order valence-electron chi connectivity index (χ2n) is 2.16. The van der Waals surface area contributed by atoms with Gasteiger partial charge in [0, 0.05) is 12.8 Å². The van der Waals surface area contributed by atoms with E-state index in [0.717, 1.165) is 0 Å². The summed E-state index contributed by atoms with van der Waals surface area (Å²) in [4.78, 5) is 10.8. The van der Waals surface area contributed by atoms with E-state index < -0.39 is 5.79 Å². The quantitative estimate of drug-likeness (QED) is 0.546. The van der Waals surface area contributed by atoms with Gasteiger partial charge >= 0.3 is 0 Å². The van der Waals surface area contributed by atoms with Crippen LogP contribution in [0.25, 0.3) is 0 Å². The van der Waals surface area contributed by atoms with Gasteiger partial charge in [-0.2, -0.15) is 0 Å². The molecule has 0 aromatic carbocycles. The predicted molar refractivity (Wildman–Crippen MR) is 30.8 cm³/mol. The van der Waals surface area contributed by atoms with Crippen molar-refractivity contribution >= 4 is 5.78 Å². The van der Waals surface area contributed by atoms with Crippen LogP contribution in [0.5, 0.6) is 0 Å². The van der Waals surface area contributed by atoms with Gasteiger partial charge in [-0.3, -0.25) is 4.79 Å². The number of ether oxygens (including phenoxy) is 1. The fourth-order valence-electron chi connectivity index (χ4n) is 0.888. The molecule has 3 nitrogen and oxygen atoms in total. The van der Waals surface area contributed by atoms with Crippen molar-refractivity contribution in [3.05, 3.63) is 0 Å². The number of carbonyl (C=O) groups is 1. The van der Waals surface area contributed by atoms with Crippen LogP contribution >= 0.6 is 0 Å². The Labute approximate surface area is 53.6 Å². The van der Waals surface area contributed by atoms with Gasteiger partial charge in [-0.25, -0.2) is 0 Å². The summed E-state index contributed by atoms with van der Waals surface area (Å²) >= 11 is 0. The highest BCUT2D eigenvalue weighted by Crippen LogP contribution is 2.21. The largest absolute Gasteiger partial charge is 0.360 e. The summed E-state index contributed by atoms with van der Waals surface area (Å²) in [5.41, 5.74) is 0. The smallest absolute Gasteiger partial charge is 0.226 e. The maximum atomic E-state index is 10.8. The van der Waals surface area contributed by atoms with Crippen molar-refractivity contribution < 1.29 is 14.6 Å². The fraction of sp³-hybridized carbons (Fsp3) is 0.833. The Kier molecular flexibility index (Phi) is 1.55. The highest BCUT2D eigenvalue weighted by Gasteiger charge is 2.39. The Morgan fingerprint density at radius 2 is 2.56 bits per heavy atom. The first-order valence-electron chi connectivity index (χ1n) is 3.08. The van der Waals surface area contributed by atoms with E-state index in [4.69, 9.17) is 4.74 Å². The van der Waals surface area contributed by atoms with Gasteiger partial charge in [0.05, 0.1) is 6.61 Å². The normalized spacial score (nSPS) is 35.6. The lowest BCUT2D eigenvalue weighted by atomic mass is 10.1. The number of hydrogen-bond donors (Lipinski definition) is 1. The Balaban J connectivity index is 2.67. The zero-order valence-electron chi connectivity index (χ0n) is 5.39. The molecule has 0 bridgehead atoms. The third-order valence-corrected chi connectivity index (χ3v) is 1.58. The molecule has 1 aliphatic heterocycles. The Morgan fingerprint density at radius 1 is 1.89 bits per heavy atom. The van der Waals surface area contributed by atoms with E-state index in [1.54, 1.807) is 6.92 Å². The lowest BCUT2D eigenvalue weighted by molar-refractivity contribution is -0.182. The second kappa shape index (κ2) is 2.08. The molecule has 9 heavy (non-hydrogen) atoms. The van der Waals surface area contributed by atoms with Gasteiger partial charge in [0.25, 0.3) is 0 Å². The molecular formula is C6H10O3. The molecule has 1 saturated heterocycles. The summed E-state index contributed by atoms with van der Waals surface area (Å²) in [6.07, 6.45) is 0.705. The molecule has 0 saturated carbocycles. The Morgan fingerprint density at radius 3 is 2.78 bits per heavy atom. The van der Waals surface area contributed by atoms with Gasteiger partial charge in [0.1, 0.15) is 0 Å². The lowest BCUT2D eigenvalue weighted by Gasteiger charge is -2.16. The van der Waals surface area contributed by atoms with E-state index in [1.807, 2.05) is 0 Å². The van der Waals surface area contributed by atoms with Gasteiger partial charge < -0.3 is 9.84 Å². The number of rotatable bonds is 1. The van der Waals surface area contributed by atoms with Crippen LogP contribution in [-0.4, -0.2) is 23.3 Å². The van der Waals surface area contributed by atoms with Crippen LogP contribution in [-0.2, 0) is 9.53 Å². The van der Waals surface area contributed by atoms with Gasteiger partial charge in [-0.15, -0.1) is 0 Å². The molecule has 1 aliphatic rings. The molecule has 1 unspecified atom stereocenters. The maximum absolute atomic E-state index is 10.8. The minimum atomic E-state index is -1.44. The number of Topliss-reactive ketones (excluding diaryl/α,β-unsaturated/α-hetero) is 1. The first kappa shape index (κ1) is 6.71. The van der Waals surface area contributed by atoms with Crippen LogP contribution in [0.2, 0.25) is 0 Å². The summed E-state index contributed by atoms with van der Waals surface area (Å²) in [5.74, 6) is -1.63. The summed E-state index contributed by atoms with van der Waals surface area (Å²) < 4.78 is 4.81. The highest BCUT2D eigenvalue weighted by atomic mass is 16.6. The van der Waals surface area contributed by atoms with Gasteiger partial charge in [0.2, 0.25) is 5.79 Å².